The summed E-state index contributed by atoms with van der Waals surface area (Å²) >= 11 is 4.99. The summed E-state index contributed by atoms with van der Waals surface area (Å²) in [6.45, 7) is 3.61. The van der Waals surface area contributed by atoms with Gasteiger partial charge in [-0.05, 0) is 22.4 Å². The first-order valence-corrected chi connectivity index (χ1v) is 6.55. The molecule has 0 aliphatic heterocycles. The third kappa shape index (κ3) is 4.50. The molecule has 1 aromatic rings. The normalized spacial score (nSPS) is 9.54. The van der Waals surface area contributed by atoms with Crippen LogP contribution < -0.4 is 0 Å². The van der Waals surface area contributed by atoms with Crippen LogP contribution in [0, 0.1) is 0 Å². The fourth-order valence-corrected chi connectivity index (χ4v) is 2.91. The van der Waals surface area contributed by atoms with Crippen LogP contribution in [0.15, 0.2) is 43.0 Å². The number of rotatable bonds is 4. The molecule has 0 aromatic heterocycles. The predicted molar refractivity (Wildman–Crippen MR) is 68.1 cm³/mol. The number of hydrogen-bond donors (Lipinski definition) is 0. The van der Waals surface area contributed by atoms with Crippen molar-refractivity contribution in [1.82, 2.24) is 0 Å². The molecule has 68 valence electrons. The van der Waals surface area contributed by atoms with E-state index in [2.05, 4.69) is 18.7 Å². The highest BCUT2D eigenvalue weighted by atomic mass is 33.1. The van der Waals surface area contributed by atoms with Crippen LogP contribution in [0.5, 0.6) is 0 Å². The van der Waals surface area contributed by atoms with E-state index in [1.54, 1.807) is 27.7 Å². The van der Waals surface area contributed by atoms with Crippen LogP contribution in [0.1, 0.15) is 5.56 Å². The summed E-state index contributed by atoms with van der Waals surface area (Å²) < 4.78 is 0.848. The second-order valence-electron chi connectivity index (χ2n) is 2.35. The van der Waals surface area contributed by atoms with Gasteiger partial charge in [-0.15, -0.1) is 0 Å². The van der Waals surface area contributed by atoms with Gasteiger partial charge in [0.2, 0.25) is 0 Å². The van der Waals surface area contributed by atoms with Gasteiger partial charge in [0.15, 0.2) is 0 Å². The average Bonchev–Trinajstić information content (AvgIpc) is 2.19. The maximum absolute atomic E-state index is 4.99. The van der Waals surface area contributed by atoms with Crippen molar-refractivity contribution >= 4 is 38.0 Å². The smallest absolute Gasteiger partial charge is 0.0807 e. The lowest BCUT2D eigenvalue weighted by molar-refractivity contribution is 1.43. The quantitative estimate of drug-likeness (QED) is 0.431. The van der Waals surface area contributed by atoms with Crippen LogP contribution >= 0.6 is 33.8 Å². The van der Waals surface area contributed by atoms with E-state index in [1.165, 1.54) is 5.56 Å². The van der Waals surface area contributed by atoms with Crippen LogP contribution in [0.25, 0.3) is 0 Å². The lowest BCUT2D eigenvalue weighted by atomic mass is 10.2. The van der Waals surface area contributed by atoms with E-state index in [0.717, 1.165) is 9.95 Å². The van der Waals surface area contributed by atoms with Gasteiger partial charge >= 0.3 is 0 Å². The first-order chi connectivity index (χ1) is 6.33. The van der Waals surface area contributed by atoms with Gasteiger partial charge in [0.05, 0.1) is 4.20 Å². The number of thiocarbonyl (C=S) groups is 1. The molecule has 0 aliphatic carbocycles. The fraction of sp³-hybridized carbons (Fsp3) is 0.100. The van der Waals surface area contributed by atoms with E-state index in [-0.39, 0.29) is 0 Å². The summed E-state index contributed by atoms with van der Waals surface area (Å²) in [5.74, 6) is 0.986. The van der Waals surface area contributed by atoms with Crippen LogP contribution in [0.2, 0.25) is 0 Å². The summed E-state index contributed by atoms with van der Waals surface area (Å²) in [7, 11) is 3.34. The van der Waals surface area contributed by atoms with Crippen molar-refractivity contribution in [3.05, 3.63) is 48.6 Å². The van der Waals surface area contributed by atoms with E-state index < -0.39 is 0 Å². The third-order valence-electron chi connectivity index (χ3n) is 1.38. The molecular weight excluding hydrogens is 216 g/mol. The maximum atomic E-state index is 4.99. The summed E-state index contributed by atoms with van der Waals surface area (Å²) in [5.41, 5.74) is 1.33. The van der Waals surface area contributed by atoms with E-state index >= 15 is 0 Å². The Morgan fingerprint density at radius 2 is 2.08 bits per heavy atom. The molecule has 0 nitrogen and oxygen atoms in total. The molecule has 0 heterocycles. The molecule has 1 aromatic carbocycles. The Balaban J connectivity index is 2.28. The minimum Gasteiger partial charge on any atom is -0.0971 e. The Morgan fingerprint density at radius 1 is 1.38 bits per heavy atom. The van der Waals surface area contributed by atoms with E-state index in [1.807, 2.05) is 18.2 Å². The molecule has 0 atom stereocenters. The largest absolute Gasteiger partial charge is 0.0971 e. The highest BCUT2D eigenvalue weighted by molar-refractivity contribution is 8.83. The fourth-order valence-electron chi connectivity index (χ4n) is 0.764. The van der Waals surface area contributed by atoms with Crippen molar-refractivity contribution in [3.8, 4) is 0 Å². The zero-order valence-corrected chi connectivity index (χ0v) is 9.55. The molecule has 0 saturated heterocycles. The predicted octanol–water partition coefficient (Wildman–Crippen LogP) is 4.08. The molecule has 0 N–H and O–H groups in total. The first kappa shape index (κ1) is 10.8. The maximum Gasteiger partial charge on any atom is 0.0807 e. The van der Waals surface area contributed by atoms with Gasteiger partial charge in [-0.2, -0.15) is 0 Å². The Bertz CT molecular complexity index is 279. The second-order valence-corrected chi connectivity index (χ2v) is 5.39. The van der Waals surface area contributed by atoms with Crippen molar-refractivity contribution in [1.29, 1.82) is 0 Å². The minimum absolute atomic E-state index is 0.848. The van der Waals surface area contributed by atoms with Gasteiger partial charge in [0.1, 0.15) is 0 Å². The van der Waals surface area contributed by atoms with Crippen molar-refractivity contribution < 1.29 is 0 Å². The zero-order chi connectivity index (χ0) is 9.52. The Morgan fingerprint density at radius 3 is 2.69 bits per heavy atom. The van der Waals surface area contributed by atoms with Crippen LogP contribution in [-0.4, -0.2) is 4.20 Å². The van der Waals surface area contributed by atoms with Gasteiger partial charge in [0, 0.05) is 5.75 Å². The van der Waals surface area contributed by atoms with Crippen LogP contribution in [0.4, 0.5) is 0 Å². The number of hydrogen-bond acceptors (Lipinski definition) is 3. The molecule has 0 amide bonds. The molecule has 0 spiro atoms. The molecule has 0 bridgehead atoms. The lowest BCUT2D eigenvalue weighted by Gasteiger charge is -1.98. The van der Waals surface area contributed by atoms with Crippen molar-refractivity contribution in [2.45, 2.75) is 5.75 Å². The Kier molecular flexibility index (Phi) is 5.20. The van der Waals surface area contributed by atoms with Crippen LogP contribution in [0.3, 0.4) is 0 Å². The molecule has 13 heavy (non-hydrogen) atoms. The van der Waals surface area contributed by atoms with Crippen LogP contribution in [-0.2, 0) is 5.75 Å². The van der Waals surface area contributed by atoms with Gasteiger partial charge < -0.3 is 0 Å². The second kappa shape index (κ2) is 6.24. The van der Waals surface area contributed by atoms with Crippen molar-refractivity contribution in [2.24, 2.45) is 0 Å². The minimum atomic E-state index is 0.848. The van der Waals surface area contributed by atoms with Gasteiger partial charge in [-0.25, -0.2) is 0 Å². The standard InChI is InChI=1S/C10H10S3/c1-2-10(11)13-12-8-9-6-4-3-5-7-9/h2-7H,1,8H2. The highest BCUT2D eigenvalue weighted by Crippen LogP contribution is 2.27. The van der Waals surface area contributed by atoms with E-state index in [0.29, 0.717) is 0 Å². The summed E-state index contributed by atoms with van der Waals surface area (Å²) in [5, 5.41) is 0. The molecule has 0 saturated carbocycles. The Labute approximate surface area is 92.2 Å². The average molecular weight is 226 g/mol. The zero-order valence-electron chi connectivity index (χ0n) is 7.10. The number of benzene rings is 1. The monoisotopic (exact) mass is 226 g/mol. The summed E-state index contributed by atoms with van der Waals surface area (Å²) in [6, 6.07) is 10.4. The summed E-state index contributed by atoms with van der Waals surface area (Å²) in [4.78, 5) is 0. The molecule has 0 radical (unpaired) electrons. The first-order valence-electron chi connectivity index (χ1n) is 3.82. The molecule has 0 fully saturated rings. The topological polar surface area (TPSA) is 0 Å². The van der Waals surface area contributed by atoms with E-state index in [4.69, 9.17) is 12.2 Å². The SMILES string of the molecule is C=CC(=S)SSCc1ccccc1. The van der Waals surface area contributed by atoms with Crippen molar-refractivity contribution in [2.75, 3.05) is 0 Å². The van der Waals surface area contributed by atoms with Gasteiger partial charge in [-0.3, -0.25) is 0 Å². The van der Waals surface area contributed by atoms with Crippen molar-refractivity contribution in [3.63, 3.8) is 0 Å². The summed E-state index contributed by atoms with van der Waals surface area (Å²) in [6.07, 6.45) is 1.71. The lowest BCUT2D eigenvalue weighted by Crippen LogP contribution is -1.78. The molecular formula is C10H10S3. The van der Waals surface area contributed by atoms with Gasteiger partial charge in [-0.1, -0.05) is 59.9 Å². The molecule has 0 unspecified atom stereocenters. The van der Waals surface area contributed by atoms with Gasteiger partial charge in [0.25, 0.3) is 0 Å². The Hall–Kier alpha value is -0.250. The third-order valence-corrected chi connectivity index (χ3v) is 4.26. The molecule has 1 rings (SSSR count). The highest BCUT2D eigenvalue weighted by Gasteiger charge is 1.94. The molecule has 3 heteroatoms. The molecule has 0 aliphatic rings. The van der Waals surface area contributed by atoms with E-state index in [9.17, 15) is 0 Å².